The number of urea groups is 1. The third-order valence-corrected chi connectivity index (χ3v) is 3.86. The van der Waals surface area contributed by atoms with Gasteiger partial charge in [0.15, 0.2) is 0 Å². The molecule has 1 aromatic carbocycles. The molecule has 1 saturated heterocycles. The lowest BCUT2D eigenvalue weighted by atomic mass is 9.89. The SMILES string of the molecule is CCc1ccc(C(CO)NC(=O)NCC2(C)COC2)cc1. The van der Waals surface area contributed by atoms with Crippen LogP contribution in [0.2, 0.25) is 0 Å². The molecule has 0 radical (unpaired) electrons. The van der Waals surface area contributed by atoms with Crippen LogP contribution in [0.4, 0.5) is 4.79 Å². The molecule has 0 aromatic heterocycles. The van der Waals surface area contributed by atoms with Gasteiger partial charge in [-0.2, -0.15) is 0 Å². The molecule has 0 bridgehead atoms. The van der Waals surface area contributed by atoms with Crippen molar-refractivity contribution in [2.24, 2.45) is 5.41 Å². The summed E-state index contributed by atoms with van der Waals surface area (Å²) in [6.07, 6.45) is 0.971. The van der Waals surface area contributed by atoms with Gasteiger partial charge in [-0.05, 0) is 17.5 Å². The Morgan fingerprint density at radius 2 is 2.05 bits per heavy atom. The first-order chi connectivity index (χ1) is 10.1. The molecule has 5 heteroatoms. The van der Waals surface area contributed by atoms with Gasteiger partial charge in [-0.25, -0.2) is 4.79 Å². The molecule has 3 N–H and O–H groups in total. The van der Waals surface area contributed by atoms with Gasteiger partial charge in [-0.3, -0.25) is 0 Å². The number of carbonyl (C=O) groups is 1. The molecule has 0 aliphatic carbocycles. The molecular formula is C16H24N2O3. The van der Waals surface area contributed by atoms with Crippen molar-refractivity contribution in [3.8, 4) is 0 Å². The second kappa shape index (κ2) is 6.91. The van der Waals surface area contributed by atoms with E-state index in [1.54, 1.807) is 0 Å². The number of carbonyl (C=O) groups excluding carboxylic acids is 1. The number of aryl methyl sites for hydroxylation is 1. The van der Waals surface area contributed by atoms with Crippen LogP contribution in [0, 0.1) is 5.41 Å². The van der Waals surface area contributed by atoms with Gasteiger partial charge >= 0.3 is 6.03 Å². The maximum Gasteiger partial charge on any atom is 0.315 e. The minimum absolute atomic E-state index is 0.0365. The van der Waals surface area contributed by atoms with Crippen LogP contribution in [0.5, 0.6) is 0 Å². The molecule has 1 aromatic rings. The zero-order valence-electron chi connectivity index (χ0n) is 12.7. The largest absolute Gasteiger partial charge is 0.394 e. The number of rotatable bonds is 6. The Bertz CT molecular complexity index is 469. The smallest absolute Gasteiger partial charge is 0.315 e. The van der Waals surface area contributed by atoms with Crippen molar-refractivity contribution in [2.45, 2.75) is 26.3 Å². The number of hydrogen-bond donors (Lipinski definition) is 3. The third-order valence-electron chi connectivity index (χ3n) is 3.86. The molecule has 2 rings (SSSR count). The highest BCUT2D eigenvalue weighted by Gasteiger charge is 2.33. The molecule has 5 nitrogen and oxygen atoms in total. The van der Waals surface area contributed by atoms with Crippen molar-refractivity contribution in [2.75, 3.05) is 26.4 Å². The van der Waals surface area contributed by atoms with Gasteiger partial charge in [-0.1, -0.05) is 38.1 Å². The van der Waals surface area contributed by atoms with E-state index in [0.29, 0.717) is 19.8 Å². The topological polar surface area (TPSA) is 70.6 Å². The van der Waals surface area contributed by atoms with Gasteiger partial charge in [0.25, 0.3) is 0 Å². The van der Waals surface area contributed by atoms with Gasteiger partial charge in [0.2, 0.25) is 0 Å². The van der Waals surface area contributed by atoms with Crippen LogP contribution in [0.1, 0.15) is 31.0 Å². The molecule has 1 atom stereocenters. The Kier molecular flexibility index (Phi) is 5.20. The number of ether oxygens (including phenoxy) is 1. The second-order valence-electron chi connectivity index (χ2n) is 5.96. The summed E-state index contributed by atoms with van der Waals surface area (Å²) in [6, 6.07) is 7.28. The lowest BCUT2D eigenvalue weighted by Crippen LogP contribution is -2.51. The van der Waals surface area contributed by atoms with Crippen molar-refractivity contribution in [1.82, 2.24) is 10.6 Å². The van der Waals surface area contributed by atoms with Crippen molar-refractivity contribution in [3.05, 3.63) is 35.4 Å². The number of aliphatic hydroxyl groups excluding tert-OH is 1. The molecule has 1 unspecified atom stereocenters. The van der Waals surface area contributed by atoms with Crippen molar-refractivity contribution >= 4 is 6.03 Å². The van der Waals surface area contributed by atoms with E-state index in [2.05, 4.69) is 24.5 Å². The van der Waals surface area contributed by atoms with Crippen LogP contribution < -0.4 is 10.6 Å². The molecule has 0 saturated carbocycles. The van der Waals surface area contributed by atoms with Crippen LogP contribution in [0.3, 0.4) is 0 Å². The van der Waals surface area contributed by atoms with Gasteiger partial charge in [-0.15, -0.1) is 0 Å². The first kappa shape index (κ1) is 15.8. The Hall–Kier alpha value is -1.59. The summed E-state index contributed by atoms with van der Waals surface area (Å²) in [7, 11) is 0. The lowest BCUT2D eigenvalue weighted by Gasteiger charge is -2.38. The van der Waals surface area contributed by atoms with Gasteiger partial charge in [0, 0.05) is 12.0 Å². The Morgan fingerprint density at radius 1 is 1.38 bits per heavy atom. The molecule has 1 aliphatic heterocycles. The highest BCUT2D eigenvalue weighted by molar-refractivity contribution is 5.74. The molecule has 0 spiro atoms. The van der Waals surface area contributed by atoms with Crippen LogP contribution in [-0.2, 0) is 11.2 Å². The summed E-state index contributed by atoms with van der Waals surface area (Å²) >= 11 is 0. The minimum Gasteiger partial charge on any atom is -0.394 e. The van der Waals surface area contributed by atoms with Crippen LogP contribution >= 0.6 is 0 Å². The fraction of sp³-hybridized carbons (Fsp3) is 0.562. The predicted molar refractivity (Wildman–Crippen MR) is 81.1 cm³/mol. The minimum atomic E-state index is -0.388. The third kappa shape index (κ3) is 4.19. The van der Waals surface area contributed by atoms with E-state index in [-0.39, 0.29) is 24.1 Å². The first-order valence-electron chi connectivity index (χ1n) is 7.38. The average Bonchev–Trinajstić information content (AvgIpc) is 2.49. The van der Waals surface area contributed by atoms with E-state index in [0.717, 1.165) is 12.0 Å². The van der Waals surface area contributed by atoms with E-state index in [1.807, 2.05) is 24.3 Å². The summed E-state index contributed by atoms with van der Waals surface area (Å²) in [5, 5.41) is 15.1. The van der Waals surface area contributed by atoms with Gasteiger partial charge in [0.05, 0.1) is 25.9 Å². The Labute approximate surface area is 125 Å². The van der Waals surface area contributed by atoms with Crippen LogP contribution in [-0.4, -0.2) is 37.5 Å². The monoisotopic (exact) mass is 292 g/mol. The summed E-state index contributed by atoms with van der Waals surface area (Å²) < 4.78 is 5.15. The standard InChI is InChI=1S/C16H24N2O3/c1-3-12-4-6-13(7-5-12)14(8-19)18-15(20)17-9-16(2)10-21-11-16/h4-7,14,19H,3,8-11H2,1-2H3,(H2,17,18,20). The normalized spacial score (nSPS) is 17.7. The summed E-state index contributed by atoms with van der Waals surface area (Å²) in [5.41, 5.74) is 2.18. The Morgan fingerprint density at radius 3 is 2.52 bits per heavy atom. The molecule has 21 heavy (non-hydrogen) atoms. The molecule has 1 heterocycles. The lowest BCUT2D eigenvalue weighted by molar-refractivity contribution is -0.0975. The van der Waals surface area contributed by atoms with Crippen LogP contribution in [0.15, 0.2) is 24.3 Å². The van der Waals surface area contributed by atoms with E-state index in [1.165, 1.54) is 5.56 Å². The molecule has 1 aliphatic rings. The maximum absolute atomic E-state index is 11.9. The molecular weight excluding hydrogens is 268 g/mol. The van der Waals surface area contributed by atoms with E-state index in [9.17, 15) is 9.90 Å². The van der Waals surface area contributed by atoms with Crippen molar-refractivity contribution < 1.29 is 14.6 Å². The molecule has 116 valence electrons. The number of hydrogen-bond acceptors (Lipinski definition) is 3. The van der Waals surface area contributed by atoms with E-state index in [4.69, 9.17) is 4.74 Å². The summed E-state index contributed by atoms with van der Waals surface area (Å²) in [5.74, 6) is 0. The number of benzene rings is 1. The van der Waals surface area contributed by atoms with Gasteiger partial charge in [0.1, 0.15) is 0 Å². The molecule has 1 fully saturated rings. The predicted octanol–water partition coefficient (Wildman–Crippen LogP) is 1.62. The number of amides is 2. The quantitative estimate of drug-likeness (QED) is 0.746. The summed E-state index contributed by atoms with van der Waals surface area (Å²) in [4.78, 5) is 11.9. The van der Waals surface area contributed by atoms with Crippen molar-refractivity contribution in [1.29, 1.82) is 0 Å². The fourth-order valence-corrected chi connectivity index (χ4v) is 2.28. The van der Waals surface area contributed by atoms with Gasteiger partial charge < -0.3 is 20.5 Å². The average molecular weight is 292 g/mol. The first-order valence-corrected chi connectivity index (χ1v) is 7.38. The highest BCUT2D eigenvalue weighted by atomic mass is 16.5. The number of aliphatic hydroxyl groups is 1. The number of nitrogens with one attached hydrogen (secondary N) is 2. The zero-order valence-corrected chi connectivity index (χ0v) is 12.7. The van der Waals surface area contributed by atoms with E-state index < -0.39 is 0 Å². The Balaban J connectivity index is 1.86. The van der Waals surface area contributed by atoms with E-state index >= 15 is 0 Å². The fourth-order valence-electron chi connectivity index (χ4n) is 2.28. The molecule has 2 amide bonds. The maximum atomic E-state index is 11.9. The second-order valence-corrected chi connectivity index (χ2v) is 5.96. The van der Waals surface area contributed by atoms with Crippen LogP contribution in [0.25, 0.3) is 0 Å². The van der Waals surface area contributed by atoms with Crippen molar-refractivity contribution in [3.63, 3.8) is 0 Å². The zero-order chi connectivity index (χ0) is 15.3. The summed E-state index contributed by atoms with van der Waals surface area (Å²) in [6.45, 7) is 5.97. The highest BCUT2D eigenvalue weighted by Crippen LogP contribution is 2.25.